The first-order valence-electron chi connectivity index (χ1n) is 10.6. The van der Waals surface area contributed by atoms with Crippen molar-refractivity contribution in [3.05, 3.63) is 69.9 Å². The van der Waals surface area contributed by atoms with Gasteiger partial charge >= 0.3 is 0 Å². The molecule has 0 saturated carbocycles. The Morgan fingerprint density at radius 2 is 2.00 bits per heavy atom. The molecule has 0 radical (unpaired) electrons. The Bertz CT molecular complexity index is 1230. The molecule has 2 aromatic heterocycles. The molecule has 7 heteroatoms. The fourth-order valence-corrected chi connectivity index (χ4v) is 5.10. The van der Waals surface area contributed by atoms with Crippen LogP contribution in [-0.4, -0.2) is 45.1 Å². The number of likely N-dealkylation sites (tertiary alicyclic amines) is 1. The zero-order valence-electron chi connectivity index (χ0n) is 18.0. The third kappa shape index (κ3) is 3.24. The van der Waals surface area contributed by atoms with Crippen LogP contribution >= 0.6 is 0 Å². The minimum Gasteiger partial charge on any atom is -0.496 e. The Morgan fingerprint density at radius 3 is 2.71 bits per heavy atom. The average molecular weight is 418 g/mol. The van der Waals surface area contributed by atoms with E-state index in [1.54, 1.807) is 13.3 Å². The number of methoxy groups -OCH3 is 1. The molecule has 2 atom stereocenters. The first-order chi connectivity index (χ1) is 15.0. The molecule has 0 aliphatic carbocycles. The average Bonchev–Trinajstić information content (AvgIpc) is 3.19. The third-order valence-corrected chi connectivity index (χ3v) is 6.60. The maximum absolute atomic E-state index is 13.2. The molecule has 2 aliphatic rings. The molecule has 1 saturated heterocycles. The van der Waals surface area contributed by atoms with Crippen LogP contribution < -0.4 is 10.3 Å². The highest BCUT2D eigenvalue weighted by molar-refractivity contribution is 5.94. The van der Waals surface area contributed by atoms with Crippen molar-refractivity contribution >= 4 is 5.91 Å². The van der Waals surface area contributed by atoms with Crippen LogP contribution in [0.25, 0.3) is 11.4 Å². The van der Waals surface area contributed by atoms with Gasteiger partial charge in [0.1, 0.15) is 11.6 Å². The van der Waals surface area contributed by atoms with Crippen LogP contribution in [0.15, 0.2) is 47.5 Å². The van der Waals surface area contributed by atoms with Crippen LogP contribution in [0, 0.1) is 12.8 Å². The van der Waals surface area contributed by atoms with Gasteiger partial charge in [-0.15, -0.1) is 0 Å². The summed E-state index contributed by atoms with van der Waals surface area (Å²) in [4.78, 5) is 32.8. The highest BCUT2D eigenvalue weighted by atomic mass is 16.5. The van der Waals surface area contributed by atoms with E-state index in [4.69, 9.17) is 4.74 Å². The van der Waals surface area contributed by atoms with Gasteiger partial charge in [0.2, 0.25) is 0 Å². The van der Waals surface area contributed by atoms with E-state index in [9.17, 15) is 9.59 Å². The van der Waals surface area contributed by atoms with Crippen molar-refractivity contribution < 1.29 is 9.53 Å². The molecular formula is C24H26N4O3. The normalized spacial score (nSPS) is 19.8. The number of nitrogens with zero attached hydrogens (tertiary/aromatic N) is 4. The van der Waals surface area contributed by atoms with Gasteiger partial charge in [-0.1, -0.05) is 0 Å². The fourth-order valence-electron chi connectivity index (χ4n) is 5.10. The van der Waals surface area contributed by atoms with Gasteiger partial charge in [-0.25, -0.2) is 4.98 Å². The lowest BCUT2D eigenvalue weighted by Crippen LogP contribution is -2.49. The number of imidazole rings is 1. The summed E-state index contributed by atoms with van der Waals surface area (Å²) in [6, 6.07) is 9.49. The van der Waals surface area contributed by atoms with Gasteiger partial charge in [-0.3, -0.25) is 9.59 Å². The number of fused-ring (bicyclic) bond motifs is 4. The van der Waals surface area contributed by atoms with Crippen molar-refractivity contribution in [2.45, 2.75) is 25.8 Å². The minimum atomic E-state index is 0.00653. The fraction of sp³-hybridized carbons (Fsp3) is 0.375. The number of pyridine rings is 1. The van der Waals surface area contributed by atoms with E-state index in [1.807, 2.05) is 64.5 Å². The Balaban J connectivity index is 1.44. The van der Waals surface area contributed by atoms with E-state index in [-0.39, 0.29) is 23.3 Å². The number of benzene rings is 1. The van der Waals surface area contributed by atoms with Crippen LogP contribution in [0.2, 0.25) is 0 Å². The number of aryl methyl sites for hydroxylation is 2. The first-order valence-corrected chi connectivity index (χ1v) is 10.6. The molecule has 0 spiro atoms. The highest BCUT2D eigenvalue weighted by Crippen LogP contribution is 2.36. The number of aromatic nitrogens is 3. The molecule has 160 valence electrons. The van der Waals surface area contributed by atoms with Crippen molar-refractivity contribution in [2.75, 3.05) is 20.2 Å². The van der Waals surface area contributed by atoms with Gasteiger partial charge in [-0.2, -0.15) is 0 Å². The molecule has 1 aromatic carbocycles. The lowest BCUT2D eigenvalue weighted by atomic mass is 9.82. The van der Waals surface area contributed by atoms with Gasteiger partial charge < -0.3 is 18.8 Å². The number of piperidine rings is 1. The van der Waals surface area contributed by atoms with Crippen molar-refractivity contribution in [1.29, 1.82) is 0 Å². The molecule has 2 bridgehead atoms. The van der Waals surface area contributed by atoms with Crippen LogP contribution in [0.5, 0.6) is 5.75 Å². The Hall–Kier alpha value is -3.35. The lowest BCUT2D eigenvalue weighted by Gasteiger charge is -2.43. The molecule has 0 unspecified atom stereocenters. The zero-order chi connectivity index (χ0) is 21.7. The lowest BCUT2D eigenvalue weighted by molar-refractivity contribution is 0.0594. The largest absolute Gasteiger partial charge is 0.496 e. The summed E-state index contributed by atoms with van der Waals surface area (Å²) in [5, 5.41) is 0. The van der Waals surface area contributed by atoms with Gasteiger partial charge in [0.15, 0.2) is 0 Å². The number of amides is 1. The number of carbonyl (C=O) groups is 1. The Labute approximate surface area is 180 Å². The standard InChI is InChI=1S/C24H26N4O3/c1-15-10-17(4-7-21(15)31-3)23(29)27-12-16-11-18(14-27)20-6-5-19(24(30)28(20)13-16)22-25-8-9-26(22)2/h4-10,16,18H,11-14H2,1-3H3/t16-,18+/m0/s1. The third-order valence-electron chi connectivity index (χ3n) is 6.60. The molecule has 5 rings (SSSR count). The maximum atomic E-state index is 13.2. The van der Waals surface area contributed by atoms with Gasteiger partial charge in [0.25, 0.3) is 11.5 Å². The van der Waals surface area contributed by atoms with Crippen molar-refractivity contribution in [3.63, 3.8) is 0 Å². The van der Waals surface area contributed by atoms with Crippen LogP contribution in [0.3, 0.4) is 0 Å². The second-order valence-electron chi connectivity index (χ2n) is 8.64. The van der Waals surface area contributed by atoms with E-state index in [0.717, 1.165) is 23.4 Å². The monoisotopic (exact) mass is 418 g/mol. The molecule has 2 aliphatic heterocycles. The summed E-state index contributed by atoms with van der Waals surface area (Å²) in [6.45, 7) is 3.87. The van der Waals surface area contributed by atoms with Gasteiger partial charge in [0.05, 0.1) is 12.7 Å². The van der Waals surface area contributed by atoms with Crippen LogP contribution in [-0.2, 0) is 13.6 Å². The number of hydrogen-bond donors (Lipinski definition) is 0. The van der Waals surface area contributed by atoms with E-state index in [1.165, 1.54) is 0 Å². The first kappa shape index (κ1) is 19.6. The summed E-state index contributed by atoms with van der Waals surface area (Å²) in [7, 11) is 3.53. The van der Waals surface area contributed by atoms with Crippen LogP contribution in [0.4, 0.5) is 0 Å². The van der Waals surface area contributed by atoms with Gasteiger partial charge in [-0.05, 0) is 55.2 Å². The molecule has 0 N–H and O–H groups in total. The minimum absolute atomic E-state index is 0.00653. The summed E-state index contributed by atoms with van der Waals surface area (Å²) in [5.74, 6) is 1.94. The predicted octanol–water partition coefficient (Wildman–Crippen LogP) is 2.83. The number of rotatable bonds is 3. The summed E-state index contributed by atoms with van der Waals surface area (Å²) >= 11 is 0. The SMILES string of the molecule is COc1ccc(C(=O)N2C[C@@H]3C[C@H](C2)c2ccc(-c4nccn4C)c(=O)n2C3)cc1C. The van der Waals surface area contributed by atoms with Gasteiger partial charge in [0, 0.05) is 56.3 Å². The topological polar surface area (TPSA) is 69.4 Å². The number of carbonyl (C=O) groups excluding carboxylic acids is 1. The van der Waals surface area contributed by atoms with E-state index in [0.29, 0.717) is 36.6 Å². The maximum Gasteiger partial charge on any atom is 0.261 e. The second-order valence-corrected chi connectivity index (χ2v) is 8.64. The predicted molar refractivity (Wildman–Crippen MR) is 117 cm³/mol. The number of hydrogen-bond acceptors (Lipinski definition) is 4. The smallest absolute Gasteiger partial charge is 0.261 e. The molecule has 7 nitrogen and oxygen atoms in total. The number of ether oxygens (including phenoxy) is 1. The van der Waals surface area contributed by atoms with Crippen molar-refractivity contribution in [1.82, 2.24) is 19.0 Å². The molecule has 1 fully saturated rings. The molecular weight excluding hydrogens is 392 g/mol. The zero-order valence-corrected chi connectivity index (χ0v) is 18.0. The Morgan fingerprint density at radius 1 is 1.16 bits per heavy atom. The molecule has 31 heavy (non-hydrogen) atoms. The highest BCUT2D eigenvalue weighted by Gasteiger charge is 2.37. The summed E-state index contributed by atoms with van der Waals surface area (Å²) in [6.07, 6.45) is 4.56. The van der Waals surface area contributed by atoms with E-state index in [2.05, 4.69) is 4.98 Å². The summed E-state index contributed by atoms with van der Waals surface area (Å²) in [5.41, 5.74) is 3.28. The Kier molecular flexibility index (Phi) is 4.68. The molecule has 1 amide bonds. The van der Waals surface area contributed by atoms with E-state index < -0.39 is 0 Å². The second kappa shape index (κ2) is 7.41. The molecule has 3 aromatic rings. The van der Waals surface area contributed by atoms with E-state index >= 15 is 0 Å². The quantitative estimate of drug-likeness (QED) is 0.656. The molecule has 4 heterocycles. The summed E-state index contributed by atoms with van der Waals surface area (Å²) < 4.78 is 9.09. The van der Waals surface area contributed by atoms with Crippen LogP contribution in [0.1, 0.15) is 34.0 Å². The van der Waals surface area contributed by atoms with Crippen molar-refractivity contribution in [3.8, 4) is 17.1 Å². The van der Waals surface area contributed by atoms with Crippen molar-refractivity contribution in [2.24, 2.45) is 13.0 Å².